The van der Waals surface area contributed by atoms with Crippen LogP contribution in [-0.4, -0.2) is 57.1 Å². The number of carbonyl (C=O) groups is 4. The first-order chi connectivity index (χ1) is 9.27. The maximum absolute atomic E-state index is 11.7. The van der Waals surface area contributed by atoms with Crippen molar-refractivity contribution in [1.29, 1.82) is 0 Å². The van der Waals surface area contributed by atoms with Crippen molar-refractivity contribution in [2.45, 2.75) is 49.5 Å². The lowest BCUT2D eigenvalue weighted by Crippen LogP contribution is -2.71. The van der Waals surface area contributed by atoms with Crippen molar-refractivity contribution in [3.8, 4) is 0 Å². The van der Waals surface area contributed by atoms with Crippen LogP contribution < -0.4 is 0 Å². The van der Waals surface area contributed by atoms with Crippen LogP contribution in [0, 0.1) is 0 Å². The van der Waals surface area contributed by atoms with Gasteiger partial charge in [-0.1, -0.05) is 0 Å². The van der Waals surface area contributed by atoms with Gasteiger partial charge >= 0.3 is 0 Å². The van der Waals surface area contributed by atoms with Gasteiger partial charge in [0.25, 0.3) is 0 Å². The minimum Gasteiger partial charge on any atom is -0.363 e. The lowest BCUT2D eigenvalue weighted by Gasteiger charge is -2.51. The van der Waals surface area contributed by atoms with Crippen molar-refractivity contribution in [1.82, 2.24) is 0 Å². The highest BCUT2D eigenvalue weighted by atomic mass is 16.7. The molecule has 0 aromatic heterocycles. The number of ketones is 4. The molecule has 0 aromatic rings. The fourth-order valence-corrected chi connectivity index (χ4v) is 2.74. The largest absolute Gasteiger partial charge is 0.363 e. The monoisotopic (exact) mass is 284 g/mol. The number of aliphatic hydroxyl groups is 2. The van der Waals surface area contributed by atoms with Gasteiger partial charge < -0.3 is 19.7 Å². The van der Waals surface area contributed by atoms with E-state index in [2.05, 4.69) is 0 Å². The quantitative estimate of drug-likeness (QED) is 0.489. The van der Waals surface area contributed by atoms with Gasteiger partial charge in [-0.15, -0.1) is 0 Å². The molecule has 0 aromatic carbocycles. The first-order valence-electron chi connectivity index (χ1n) is 6.21. The van der Waals surface area contributed by atoms with Gasteiger partial charge in [0.05, 0.1) is 0 Å². The van der Waals surface area contributed by atoms with Gasteiger partial charge in [0.1, 0.15) is 0 Å². The topological polar surface area (TPSA) is 127 Å². The van der Waals surface area contributed by atoms with E-state index in [9.17, 15) is 29.4 Å². The summed E-state index contributed by atoms with van der Waals surface area (Å²) in [5, 5.41) is 20.5. The van der Waals surface area contributed by atoms with E-state index in [1.54, 1.807) is 0 Å². The predicted molar refractivity (Wildman–Crippen MR) is 58.1 cm³/mol. The van der Waals surface area contributed by atoms with Crippen LogP contribution in [0.4, 0.5) is 0 Å². The Bertz CT molecular complexity index is 492. The predicted octanol–water partition coefficient (Wildman–Crippen LogP) is -1.99. The summed E-state index contributed by atoms with van der Waals surface area (Å²) >= 11 is 0. The third kappa shape index (κ3) is 1.69. The molecule has 108 valence electrons. The average molecular weight is 284 g/mol. The molecule has 4 unspecified atom stereocenters. The molecule has 8 heteroatoms. The van der Waals surface area contributed by atoms with Crippen molar-refractivity contribution in [2.75, 3.05) is 0 Å². The summed E-state index contributed by atoms with van der Waals surface area (Å²) in [5.74, 6) is -7.82. The molecular weight excluding hydrogens is 272 g/mol. The molecule has 2 aliphatic carbocycles. The fraction of sp³-hybridized carbons (Fsp3) is 0.667. The highest BCUT2D eigenvalue weighted by Crippen LogP contribution is 2.42. The van der Waals surface area contributed by atoms with Gasteiger partial charge in [-0.3, -0.25) is 19.2 Å². The zero-order valence-corrected chi connectivity index (χ0v) is 10.3. The first kappa shape index (κ1) is 13.5. The maximum atomic E-state index is 11.7. The van der Waals surface area contributed by atoms with Crippen molar-refractivity contribution in [3.05, 3.63) is 0 Å². The molecule has 0 amide bonds. The lowest BCUT2D eigenvalue weighted by atomic mass is 9.82. The molecule has 4 atom stereocenters. The highest BCUT2D eigenvalue weighted by molar-refractivity contribution is 6.41. The van der Waals surface area contributed by atoms with E-state index in [4.69, 9.17) is 9.47 Å². The molecular formula is C12H12O8. The van der Waals surface area contributed by atoms with E-state index in [-0.39, 0.29) is 25.7 Å². The second kappa shape index (κ2) is 4.01. The Labute approximate surface area is 112 Å². The Kier molecular flexibility index (Phi) is 2.71. The number of fused-ring (bicyclic) bond motifs is 2. The summed E-state index contributed by atoms with van der Waals surface area (Å²) in [6.07, 6.45) is -4.32. The normalized spacial score (nSPS) is 45.1. The van der Waals surface area contributed by atoms with Crippen LogP contribution in [0.15, 0.2) is 0 Å². The van der Waals surface area contributed by atoms with Crippen LogP contribution in [-0.2, 0) is 28.7 Å². The number of hydrogen-bond acceptors (Lipinski definition) is 8. The SMILES string of the molecule is O=C1CCC2(O)OC3C(=O)C(=O)CCC3(O)OC2C1=O. The summed E-state index contributed by atoms with van der Waals surface area (Å²) in [7, 11) is 0. The molecule has 20 heavy (non-hydrogen) atoms. The third-order valence-corrected chi connectivity index (χ3v) is 3.91. The van der Waals surface area contributed by atoms with E-state index < -0.39 is 46.9 Å². The standard InChI is InChI=1S/C12H12O8/c13-5-1-3-11(17)9(7(5)15)20-12(18)4-2-6(14)8(16)10(12)19-11/h9-10,17-18H,1-4H2. The Hall–Kier alpha value is -1.48. The van der Waals surface area contributed by atoms with E-state index in [0.29, 0.717) is 0 Å². The maximum Gasteiger partial charge on any atom is 0.232 e. The molecule has 1 heterocycles. The van der Waals surface area contributed by atoms with Gasteiger partial charge in [-0.2, -0.15) is 0 Å². The van der Waals surface area contributed by atoms with Gasteiger partial charge in [0.15, 0.2) is 12.2 Å². The zero-order valence-electron chi connectivity index (χ0n) is 10.3. The highest BCUT2D eigenvalue weighted by Gasteiger charge is 2.64. The Morgan fingerprint density at radius 2 is 1.15 bits per heavy atom. The van der Waals surface area contributed by atoms with Crippen molar-refractivity contribution in [2.24, 2.45) is 0 Å². The second-order valence-electron chi connectivity index (χ2n) is 5.26. The van der Waals surface area contributed by atoms with Crippen LogP contribution >= 0.6 is 0 Å². The van der Waals surface area contributed by atoms with Crippen LogP contribution in [0.2, 0.25) is 0 Å². The number of carbonyl (C=O) groups excluding carboxylic acids is 4. The summed E-state index contributed by atoms with van der Waals surface area (Å²) < 4.78 is 10.2. The smallest absolute Gasteiger partial charge is 0.232 e. The van der Waals surface area contributed by atoms with E-state index in [1.807, 2.05) is 0 Å². The third-order valence-electron chi connectivity index (χ3n) is 3.91. The van der Waals surface area contributed by atoms with Gasteiger partial charge in [0, 0.05) is 25.7 Å². The molecule has 0 spiro atoms. The van der Waals surface area contributed by atoms with Crippen LogP contribution in [0.5, 0.6) is 0 Å². The number of Topliss-reactive ketones (excluding diaryl/α,β-unsaturated/α-hetero) is 4. The van der Waals surface area contributed by atoms with Gasteiger partial charge in [-0.05, 0) is 0 Å². The van der Waals surface area contributed by atoms with Crippen molar-refractivity contribution < 1.29 is 38.9 Å². The Morgan fingerprint density at radius 3 is 1.50 bits per heavy atom. The lowest BCUT2D eigenvalue weighted by molar-refractivity contribution is -0.409. The fourth-order valence-electron chi connectivity index (χ4n) is 2.74. The van der Waals surface area contributed by atoms with Crippen molar-refractivity contribution in [3.63, 3.8) is 0 Å². The number of rotatable bonds is 0. The van der Waals surface area contributed by atoms with Crippen LogP contribution in [0.1, 0.15) is 25.7 Å². The number of ether oxygens (including phenoxy) is 2. The molecule has 2 saturated carbocycles. The van der Waals surface area contributed by atoms with E-state index in [0.717, 1.165) is 0 Å². The van der Waals surface area contributed by atoms with Crippen LogP contribution in [0.25, 0.3) is 0 Å². The molecule has 3 rings (SSSR count). The zero-order chi connectivity index (χ0) is 14.7. The molecule has 1 aliphatic heterocycles. The molecule has 0 radical (unpaired) electrons. The van der Waals surface area contributed by atoms with Crippen molar-refractivity contribution >= 4 is 23.1 Å². The minimum absolute atomic E-state index is 0.240. The first-order valence-corrected chi connectivity index (χ1v) is 6.21. The summed E-state index contributed by atoms with van der Waals surface area (Å²) in [5.41, 5.74) is 0. The van der Waals surface area contributed by atoms with E-state index in [1.165, 1.54) is 0 Å². The molecule has 3 aliphatic rings. The summed E-state index contributed by atoms with van der Waals surface area (Å²) in [6, 6.07) is 0. The van der Waals surface area contributed by atoms with Gasteiger partial charge in [-0.25, -0.2) is 0 Å². The van der Waals surface area contributed by atoms with E-state index >= 15 is 0 Å². The molecule has 8 nitrogen and oxygen atoms in total. The Balaban J connectivity index is 1.98. The second-order valence-corrected chi connectivity index (χ2v) is 5.26. The number of hydrogen-bond donors (Lipinski definition) is 2. The Morgan fingerprint density at radius 1 is 0.800 bits per heavy atom. The van der Waals surface area contributed by atoms with Crippen LogP contribution in [0.3, 0.4) is 0 Å². The molecule has 1 saturated heterocycles. The molecule has 3 fully saturated rings. The average Bonchev–Trinajstić information content (AvgIpc) is 2.41. The summed E-state index contributed by atoms with van der Waals surface area (Å²) in [6.45, 7) is 0. The minimum atomic E-state index is -2.17. The van der Waals surface area contributed by atoms with Gasteiger partial charge in [0.2, 0.25) is 34.7 Å². The summed E-state index contributed by atoms with van der Waals surface area (Å²) in [4.78, 5) is 46.2. The molecule has 2 N–H and O–H groups in total. The molecule has 0 bridgehead atoms.